The van der Waals surface area contributed by atoms with Crippen LogP contribution >= 0.6 is 0 Å². The molecule has 24 heavy (non-hydrogen) atoms. The highest BCUT2D eigenvalue weighted by atomic mass is 32.2. The van der Waals surface area contributed by atoms with Gasteiger partial charge in [-0.3, -0.25) is 4.79 Å². The molecule has 0 atom stereocenters. The van der Waals surface area contributed by atoms with Crippen LogP contribution < -0.4 is 5.32 Å². The fourth-order valence-corrected chi connectivity index (χ4v) is 4.23. The van der Waals surface area contributed by atoms with Crippen molar-refractivity contribution in [2.45, 2.75) is 11.8 Å². The highest BCUT2D eigenvalue weighted by Crippen LogP contribution is 2.19. The fraction of sp³-hybridized carbons (Fsp3) is 0.562. The Morgan fingerprint density at radius 2 is 1.96 bits per heavy atom. The highest BCUT2D eigenvalue weighted by Gasteiger charge is 2.29. The lowest BCUT2D eigenvalue weighted by Gasteiger charge is -2.30. The van der Waals surface area contributed by atoms with Gasteiger partial charge in [-0.2, -0.15) is 4.31 Å². The second kappa shape index (κ2) is 8.57. The van der Waals surface area contributed by atoms with Gasteiger partial charge in [0.15, 0.2) is 0 Å². The van der Waals surface area contributed by atoms with Gasteiger partial charge in [0.05, 0.1) is 18.0 Å². The summed E-state index contributed by atoms with van der Waals surface area (Å²) in [6.07, 6.45) is 0. The van der Waals surface area contributed by atoms with Crippen LogP contribution in [0.25, 0.3) is 0 Å². The van der Waals surface area contributed by atoms with Crippen molar-refractivity contribution in [1.29, 1.82) is 0 Å². The van der Waals surface area contributed by atoms with Gasteiger partial charge >= 0.3 is 0 Å². The number of aryl methyl sites for hydroxylation is 1. The molecule has 1 N–H and O–H groups in total. The van der Waals surface area contributed by atoms with Crippen molar-refractivity contribution in [3.8, 4) is 0 Å². The minimum absolute atomic E-state index is 0.144. The maximum absolute atomic E-state index is 13.0. The summed E-state index contributed by atoms with van der Waals surface area (Å²) in [6, 6.07) is 6.80. The second-order valence-corrected chi connectivity index (χ2v) is 7.63. The standard InChI is InChI=1S/C16H25N3O4S/c1-14-5-3-4-6-15(14)24(21,22)19(11-12-23-2)13-16(20)18-9-7-17-8-10-18/h3-6,17H,7-13H2,1-2H3. The normalized spacial score (nSPS) is 15.7. The van der Waals surface area contributed by atoms with Gasteiger partial charge in [-0.1, -0.05) is 18.2 Å². The molecular weight excluding hydrogens is 330 g/mol. The molecule has 8 heteroatoms. The number of piperazine rings is 1. The van der Waals surface area contributed by atoms with Crippen molar-refractivity contribution in [3.63, 3.8) is 0 Å². The first-order valence-corrected chi connectivity index (χ1v) is 9.44. The van der Waals surface area contributed by atoms with Crippen LogP contribution in [0.15, 0.2) is 29.2 Å². The fourth-order valence-electron chi connectivity index (χ4n) is 2.63. The first-order valence-electron chi connectivity index (χ1n) is 8.00. The molecule has 1 saturated heterocycles. The number of methoxy groups -OCH3 is 1. The maximum atomic E-state index is 13.0. The van der Waals surface area contributed by atoms with Crippen LogP contribution in [-0.2, 0) is 19.6 Å². The van der Waals surface area contributed by atoms with Crippen LogP contribution in [0.1, 0.15) is 5.56 Å². The number of rotatable bonds is 7. The Morgan fingerprint density at radius 1 is 1.29 bits per heavy atom. The topological polar surface area (TPSA) is 79.0 Å². The van der Waals surface area contributed by atoms with Gasteiger partial charge in [0.2, 0.25) is 15.9 Å². The summed E-state index contributed by atoms with van der Waals surface area (Å²) in [6.45, 7) is 4.62. The molecule has 0 saturated carbocycles. The molecule has 0 unspecified atom stereocenters. The molecule has 1 aromatic carbocycles. The number of amides is 1. The largest absolute Gasteiger partial charge is 0.383 e. The Morgan fingerprint density at radius 3 is 2.58 bits per heavy atom. The Kier molecular flexibility index (Phi) is 6.73. The predicted molar refractivity (Wildman–Crippen MR) is 91.3 cm³/mol. The predicted octanol–water partition coefficient (Wildman–Crippen LogP) is 0.0639. The molecule has 1 fully saturated rings. The van der Waals surface area contributed by atoms with Gasteiger partial charge in [0.25, 0.3) is 0 Å². The number of carbonyl (C=O) groups excluding carboxylic acids is 1. The van der Waals surface area contributed by atoms with E-state index in [9.17, 15) is 13.2 Å². The summed E-state index contributed by atoms with van der Waals surface area (Å²) in [5.41, 5.74) is 0.662. The average molecular weight is 355 g/mol. The minimum atomic E-state index is -3.75. The van der Waals surface area contributed by atoms with E-state index in [2.05, 4.69) is 5.32 Å². The average Bonchev–Trinajstić information content (AvgIpc) is 2.59. The van der Waals surface area contributed by atoms with Gasteiger partial charge < -0.3 is 15.0 Å². The van der Waals surface area contributed by atoms with E-state index >= 15 is 0 Å². The van der Waals surface area contributed by atoms with Gasteiger partial charge in [0, 0.05) is 39.8 Å². The molecule has 1 heterocycles. The van der Waals surface area contributed by atoms with Crippen LogP contribution in [0.3, 0.4) is 0 Å². The quantitative estimate of drug-likeness (QED) is 0.748. The van der Waals surface area contributed by atoms with E-state index in [4.69, 9.17) is 4.74 Å². The number of carbonyl (C=O) groups is 1. The van der Waals surface area contributed by atoms with E-state index in [1.807, 2.05) is 0 Å². The van der Waals surface area contributed by atoms with Crippen LogP contribution in [-0.4, -0.2) is 76.5 Å². The third kappa shape index (κ3) is 4.54. The van der Waals surface area contributed by atoms with Crippen LogP contribution in [0, 0.1) is 6.92 Å². The number of ether oxygens (including phenoxy) is 1. The number of nitrogens with one attached hydrogen (secondary N) is 1. The molecule has 0 radical (unpaired) electrons. The van der Waals surface area contributed by atoms with Crippen LogP contribution in [0.2, 0.25) is 0 Å². The number of hydrogen-bond acceptors (Lipinski definition) is 5. The molecule has 1 aliphatic heterocycles. The van der Waals surface area contributed by atoms with Crippen molar-refractivity contribution >= 4 is 15.9 Å². The third-order valence-electron chi connectivity index (χ3n) is 4.04. The Labute approximate surface area is 143 Å². The van der Waals surface area contributed by atoms with Gasteiger partial charge in [-0.25, -0.2) is 8.42 Å². The molecule has 1 amide bonds. The first kappa shape index (κ1) is 18.9. The highest BCUT2D eigenvalue weighted by molar-refractivity contribution is 7.89. The van der Waals surface area contributed by atoms with E-state index in [1.165, 1.54) is 11.4 Å². The summed E-state index contributed by atoms with van der Waals surface area (Å²) < 4.78 is 32.2. The lowest BCUT2D eigenvalue weighted by Crippen LogP contribution is -2.50. The zero-order valence-corrected chi connectivity index (χ0v) is 15.0. The molecule has 0 spiro atoms. The Bertz CT molecular complexity index is 657. The summed E-state index contributed by atoms with van der Waals surface area (Å²) in [5, 5.41) is 3.18. The van der Waals surface area contributed by atoms with E-state index < -0.39 is 10.0 Å². The molecule has 2 rings (SSSR count). The smallest absolute Gasteiger partial charge is 0.243 e. The summed E-state index contributed by atoms with van der Waals surface area (Å²) in [5.74, 6) is -0.176. The molecule has 0 bridgehead atoms. The molecule has 0 aromatic heterocycles. The number of sulfonamides is 1. The number of hydrogen-bond donors (Lipinski definition) is 1. The molecule has 0 aliphatic carbocycles. The molecule has 1 aliphatic rings. The van der Waals surface area contributed by atoms with E-state index in [0.717, 1.165) is 13.1 Å². The molecule has 134 valence electrons. The summed E-state index contributed by atoms with van der Waals surface area (Å²) in [4.78, 5) is 14.4. The van der Waals surface area contributed by atoms with E-state index in [-0.39, 0.29) is 30.5 Å². The van der Waals surface area contributed by atoms with Gasteiger partial charge in [-0.15, -0.1) is 0 Å². The Hall–Kier alpha value is -1.48. The monoisotopic (exact) mass is 355 g/mol. The first-order chi connectivity index (χ1) is 11.5. The van der Waals surface area contributed by atoms with Crippen molar-refractivity contribution < 1.29 is 17.9 Å². The Balaban J connectivity index is 2.20. The maximum Gasteiger partial charge on any atom is 0.243 e. The van der Waals surface area contributed by atoms with Gasteiger partial charge in [-0.05, 0) is 18.6 Å². The molecule has 7 nitrogen and oxygen atoms in total. The SMILES string of the molecule is COCCN(CC(=O)N1CCNCC1)S(=O)(=O)c1ccccc1C. The molecule has 1 aromatic rings. The zero-order chi connectivity index (χ0) is 17.6. The van der Waals surface area contributed by atoms with Crippen molar-refractivity contribution in [1.82, 2.24) is 14.5 Å². The summed E-state index contributed by atoms with van der Waals surface area (Å²) >= 11 is 0. The van der Waals surface area contributed by atoms with Gasteiger partial charge in [0.1, 0.15) is 0 Å². The lowest BCUT2D eigenvalue weighted by molar-refractivity contribution is -0.132. The van der Waals surface area contributed by atoms with Crippen LogP contribution in [0.5, 0.6) is 0 Å². The second-order valence-electron chi connectivity index (χ2n) is 5.73. The number of nitrogens with zero attached hydrogens (tertiary/aromatic N) is 2. The molecular formula is C16H25N3O4S. The van der Waals surface area contributed by atoms with E-state index in [1.54, 1.807) is 36.1 Å². The summed E-state index contributed by atoms with van der Waals surface area (Å²) in [7, 11) is -2.24. The van der Waals surface area contributed by atoms with Crippen molar-refractivity contribution in [2.24, 2.45) is 0 Å². The van der Waals surface area contributed by atoms with E-state index in [0.29, 0.717) is 18.7 Å². The van der Waals surface area contributed by atoms with Crippen LogP contribution in [0.4, 0.5) is 0 Å². The third-order valence-corrected chi connectivity index (χ3v) is 6.04. The minimum Gasteiger partial charge on any atom is -0.383 e. The lowest BCUT2D eigenvalue weighted by atomic mass is 10.2. The zero-order valence-electron chi connectivity index (χ0n) is 14.2. The van der Waals surface area contributed by atoms with Crippen molar-refractivity contribution in [2.75, 3.05) is 53.0 Å². The van der Waals surface area contributed by atoms with Crippen molar-refractivity contribution in [3.05, 3.63) is 29.8 Å². The number of benzene rings is 1.